The van der Waals surface area contributed by atoms with Crippen LogP contribution >= 0.6 is 0 Å². The first-order valence-corrected chi connectivity index (χ1v) is 6.37. The fourth-order valence-corrected chi connectivity index (χ4v) is 3.70. The quantitative estimate of drug-likeness (QED) is 0.526. The fraction of sp³-hybridized carbons (Fsp3) is 0.533. The highest BCUT2D eigenvalue weighted by atomic mass is 16.5. The molecular formula is C15H18O3. The van der Waals surface area contributed by atoms with E-state index in [0.29, 0.717) is 6.42 Å². The zero-order valence-corrected chi connectivity index (χ0v) is 10.8. The Bertz CT molecular complexity index is 502. The van der Waals surface area contributed by atoms with Crippen LogP contribution < -0.4 is 0 Å². The first kappa shape index (κ1) is 11.7. The monoisotopic (exact) mass is 246 g/mol. The number of allylic oxidation sites excluding steroid dienone is 3. The molecule has 4 atom stereocenters. The van der Waals surface area contributed by atoms with E-state index in [1.54, 1.807) is 0 Å². The molecule has 1 unspecified atom stereocenters. The first-order chi connectivity index (χ1) is 8.37. The summed E-state index contributed by atoms with van der Waals surface area (Å²) < 4.78 is 5.45. The number of ether oxygens (including phenoxy) is 1. The van der Waals surface area contributed by atoms with E-state index in [0.717, 1.165) is 12.0 Å². The molecular weight excluding hydrogens is 228 g/mol. The average Bonchev–Trinajstić information content (AvgIpc) is 2.51. The highest BCUT2D eigenvalue weighted by molar-refractivity contribution is 5.91. The Labute approximate surface area is 107 Å². The molecule has 0 aromatic rings. The minimum atomic E-state index is -1.11. The Kier molecular flexibility index (Phi) is 2.18. The Balaban J connectivity index is 2.17. The van der Waals surface area contributed by atoms with Gasteiger partial charge in [-0.15, -0.1) is 0 Å². The molecule has 3 heteroatoms. The maximum absolute atomic E-state index is 11.8. The summed E-state index contributed by atoms with van der Waals surface area (Å²) in [5.74, 6) is -0.585. The number of aliphatic hydroxyl groups is 1. The van der Waals surface area contributed by atoms with E-state index in [-0.39, 0.29) is 23.0 Å². The zero-order valence-electron chi connectivity index (χ0n) is 10.8. The van der Waals surface area contributed by atoms with E-state index < -0.39 is 11.6 Å². The van der Waals surface area contributed by atoms with Crippen molar-refractivity contribution in [1.82, 2.24) is 0 Å². The van der Waals surface area contributed by atoms with Crippen molar-refractivity contribution in [2.75, 3.05) is 0 Å². The number of carbonyl (C=O) groups is 1. The topological polar surface area (TPSA) is 46.5 Å². The van der Waals surface area contributed by atoms with Gasteiger partial charge in [0.25, 0.3) is 0 Å². The number of esters is 1. The van der Waals surface area contributed by atoms with Gasteiger partial charge in [0.15, 0.2) is 0 Å². The van der Waals surface area contributed by atoms with Crippen LogP contribution in [-0.4, -0.2) is 22.8 Å². The van der Waals surface area contributed by atoms with Gasteiger partial charge >= 0.3 is 5.97 Å². The number of hydrogen-bond donors (Lipinski definition) is 1. The molecule has 96 valence electrons. The standard InChI is InChI=1S/C15H18O3/c1-9-4-5-14(3)6-7-15(17)10(2)13(16)18-11(8-9)12(14)15/h4-5,8,11-12,17H,2,6-7H2,1,3H3/t11-,12?,14-,15-/m0/s1. The molecule has 3 nitrogen and oxygen atoms in total. The van der Waals surface area contributed by atoms with Gasteiger partial charge in [0.1, 0.15) is 11.7 Å². The largest absolute Gasteiger partial charge is 0.454 e. The van der Waals surface area contributed by atoms with Gasteiger partial charge in [-0.3, -0.25) is 0 Å². The van der Waals surface area contributed by atoms with E-state index in [9.17, 15) is 9.90 Å². The lowest BCUT2D eigenvalue weighted by Crippen LogP contribution is -2.53. The van der Waals surface area contributed by atoms with E-state index in [1.807, 2.05) is 13.0 Å². The summed E-state index contributed by atoms with van der Waals surface area (Å²) in [6.07, 6.45) is 7.21. The number of carbonyl (C=O) groups excluding carboxylic acids is 1. The molecule has 1 N–H and O–H groups in total. The third kappa shape index (κ3) is 1.31. The van der Waals surface area contributed by atoms with Crippen LogP contribution in [0.15, 0.2) is 36.0 Å². The molecule has 3 aliphatic rings. The molecule has 0 bridgehead atoms. The van der Waals surface area contributed by atoms with E-state index in [2.05, 4.69) is 25.7 Å². The van der Waals surface area contributed by atoms with Crippen LogP contribution in [-0.2, 0) is 9.53 Å². The van der Waals surface area contributed by atoms with Gasteiger partial charge in [-0.05, 0) is 31.3 Å². The van der Waals surface area contributed by atoms with Crippen molar-refractivity contribution in [3.63, 3.8) is 0 Å². The van der Waals surface area contributed by atoms with Gasteiger partial charge in [0.05, 0.1) is 5.57 Å². The van der Waals surface area contributed by atoms with Crippen LogP contribution in [0, 0.1) is 11.3 Å². The van der Waals surface area contributed by atoms with E-state index in [4.69, 9.17) is 4.74 Å². The van der Waals surface area contributed by atoms with E-state index >= 15 is 0 Å². The molecule has 0 amide bonds. The summed E-state index contributed by atoms with van der Waals surface area (Å²) in [6.45, 7) is 7.85. The smallest absolute Gasteiger partial charge is 0.336 e. The van der Waals surface area contributed by atoms with Gasteiger partial charge in [0.2, 0.25) is 0 Å². The van der Waals surface area contributed by atoms with Gasteiger partial charge in [-0.2, -0.15) is 0 Å². The van der Waals surface area contributed by atoms with Crippen LogP contribution in [0.2, 0.25) is 0 Å². The van der Waals surface area contributed by atoms with Gasteiger partial charge in [0, 0.05) is 5.92 Å². The Morgan fingerprint density at radius 2 is 2.22 bits per heavy atom. The summed E-state index contributed by atoms with van der Waals surface area (Å²) in [5.41, 5.74) is 0.0319. The second-order valence-corrected chi connectivity index (χ2v) is 6.00. The summed E-state index contributed by atoms with van der Waals surface area (Å²) in [6, 6.07) is 0. The zero-order chi connectivity index (χ0) is 13.1. The molecule has 2 fully saturated rings. The van der Waals surface area contributed by atoms with Crippen LogP contribution in [0.1, 0.15) is 26.7 Å². The first-order valence-electron chi connectivity index (χ1n) is 6.37. The summed E-state index contributed by atoms with van der Waals surface area (Å²) >= 11 is 0. The molecule has 2 aliphatic carbocycles. The van der Waals surface area contributed by atoms with Gasteiger partial charge in [-0.1, -0.05) is 31.2 Å². The molecule has 3 rings (SSSR count). The van der Waals surface area contributed by atoms with Crippen LogP contribution in [0.25, 0.3) is 0 Å². The Hall–Kier alpha value is -1.35. The average molecular weight is 246 g/mol. The van der Waals surface area contributed by atoms with Gasteiger partial charge < -0.3 is 9.84 Å². The molecule has 0 aromatic heterocycles. The maximum atomic E-state index is 11.8. The third-order valence-corrected chi connectivity index (χ3v) is 4.76. The fourth-order valence-electron chi connectivity index (χ4n) is 3.70. The van der Waals surface area contributed by atoms with Crippen molar-refractivity contribution >= 4 is 5.97 Å². The van der Waals surface area contributed by atoms with Crippen LogP contribution in [0.4, 0.5) is 0 Å². The van der Waals surface area contributed by atoms with Crippen LogP contribution in [0.5, 0.6) is 0 Å². The Morgan fingerprint density at radius 3 is 2.94 bits per heavy atom. The van der Waals surface area contributed by atoms with Crippen molar-refractivity contribution in [3.05, 3.63) is 36.0 Å². The van der Waals surface area contributed by atoms with Crippen LogP contribution in [0.3, 0.4) is 0 Å². The second-order valence-electron chi connectivity index (χ2n) is 6.00. The van der Waals surface area contributed by atoms with Crippen molar-refractivity contribution in [2.24, 2.45) is 11.3 Å². The third-order valence-electron chi connectivity index (χ3n) is 4.76. The molecule has 1 saturated heterocycles. The van der Waals surface area contributed by atoms with Gasteiger partial charge in [-0.25, -0.2) is 4.79 Å². The lowest BCUT2D eigenvalue weighted by Gasteiger charge is -2.44. The highest BCUT2D eigenvalue weighted by Crippen LogP contribution is 2.57. The number of hydrogen-bond acceptors (Lipinski definition) is 3. The molecule has 0 radical (unpaired) electrons. The normalized spacial score (nSPS) is 46.3. The maximum Gasteiger partial charge on any atom is 0.336 e. The minimum absolute atomic E-state index is 0.121. The molecule has 18 heavy (non-hydrogen) atoms. The molecule has 1 heterocycles. The molecule has 0 spiro atoms. The predicted molar refractivity (Wildman–Crippen MR) is 67.7 cm³/mol. The lowest BCUT2D eigenvalue weighted by molar-refractivity contribution is -0.164. The lowest BCUT2D eigenvalue weighted by atomic mass is 9.69. The predicted octanol–water partition coefficient (Wildman–Crippen LogP) is 2.13. The van der Waals surface area contributed by atoms with Crippen molar-refractivity contribution in [2.45, 2.75) is 38.4 Å². The van der Waals surface area contributed by atoms with Crippen molar-refractivity contribution < 1.29 is 14.6 Å². The van der Waals surface area contributed by atoms with Crippen molar-refractivity contribution in [1.29, 1.82) is 0 Å². The SMILES string of the molecule is C=C1C(=O)O[C@H]2C=C(C)C=C[C@@]3(C)CC[C@@]1(O)C23. The summed E-state index contributed by atoms with van der Waals surface area (Å²) in [7, 11) is 0. The highest BCUT2D eigenvalue weighted by Gasteiger charge is 2.62. The Morgan fingerprint density at radius 1 is 1.50 bits per heavy atom. The molecule has 1 saturated carbocycles. The molecule has 1 aliphatic heterocycles. The van der Waals surface area contributed by atoms with E-state index in [1.165, 1.54) is 0 Å². The summed E-state index contributed by atoms with van der Waals surface area (Å²) in [4.78, 5) is 11.8. The number of rotatable bonds is 0. The second kappa shape index (κ2) is 3.35. The summed E-state index contributed by atoms with van der Waals surface area (Å²) in [5, 5.41) is 10.9. The van der Waals surface area contributed by atoms with Crippen molar-refractivity contribution in [3.8, 4) is 0 Å². The minimum Gasteiger partial charge on any atom is -0.454 e. The molecule has 0 aromatic carbocycles.